The summed E-state index contributed by atoms with van der Waals surface area (Å²) in [6.07, 6.45) is 4.34. The van der Waals surface area contributed by atoms with E-state index >= 15 is 0 Å². The van der Waals surface area contributed by atoms with E-state index in [9.17, 15) is 8.42 Å². The Balaban J connectivity index is 1.80. The fraction of sp³-hybridized carbons (Fsp3) is 0.550. The van der Waals surface area contributed by atoms with Crippen LogP contribution in [0.3, 0.4) is 0 Å². The lowest BCUT2D eigenvalue weighted by Gasteiger charge is -2.28. The van der Waals surface area contributed by atoms with Crippen molar-refractivity contribution in [3.8, 4) is 11.4 Å². The molecule has 3 aromatic heterocycles. The highest BCUT2D eigenvalue weighted by Gasteiger charge is 2.24. The first-order valence-electron chi connectivity index (χ1n) is 11.1. The summed E-state index contributed by atoms with van der Waals surface area (Å²) in [5.74, 6) is 2.28. The third-order valence-corrected chi connectivity index (χ3v) is 5.87. The van der Waals surface area contributed by atoms with Gasteiger partial charge in [-0.15, -0.1) is 0 Å². The van der Waals surface area contributed by atoms with E-state index in [0.717, 1.165) is 6.26 Å². The monoisotopic (exact) mass is 490 g/mol. The standard InChI is InChI=1S/C20H30N10O3S/c1-13(2)12-30-18-15(26-20(30)22-4-5-25-34(3,31)32)17(29-6-8-33-9-7-29)27-16(28-18)14-10-23-19(21)24-11-14/h10-11,13,25H,4-9,12H2,1-3H3,(H,22,26)(H2,21,23,24). The van der Waals surface area contributed by atoms with Crippen LogP contribution in [-0.4, -0.2) is 83.6 Å². The number of rotatable bonds is 9. The molecule has 0 amide bonds. The highest BCUT2D eigenvalue weighted by atomic mass is 32.2. The maximum absolute atomic E-state index is 11.4. The van der Waals surface area contributed by atoms with Crippen LogP contribution < -0.4 is 20.7 Å². The number of aromatic nitrogens is 6. The van der Waals surface area contributed by atoms with Crippen LogP contribution in [0.2, 0.25) is 0 Å². The third-order valence-electron chi connectivity index (χ3n) is 5.14. The van der Waals surface area contributed by atoms with Gasteiger partial charge in [-0.2, -0.15) is 0 Å². The maximum atomic E-state index is 11.4. The Kier molecular flexibility index (Phi) is 7.09. The molecular weight excluding hydrogens is 460 g/mol. The molecule has 184 valence electrons. The summed E-state index contributed by atoms with van der Waals surface area (Å²) in [4.78, 5) is 24.8. The molecule has 1 fully saturated rings. The number of fused-ring (bicyclic) bond motifs is 1. The molecule has 0 atom stereocenters. The van der Waals surface area contributed by atoms with Gasteiger partial charge in [0, 0.05) is 45.1 Å². The topological polar surface area (TPSA) is 166 Å². The van der Waals surface area contributed by atoms with E-state index < -0.39 is 10.0 Å². The summed E-state index contributed by atoms with van der Waals surface area (Å²) < 4.78 is 32.8. The van der Waals surface area contributed by atoms with Gasteiger partial charge in [-0.25, -0.2) is 38.1 Å². The minimum Gasteiger partial charge on any atom is -0.378 e. The Bertz CT molecular complexity index is 1240. The summed E-state index contributed by atoms with van der Waals surface area (Å²) in [6.45, 7) is 8.05. The van der Waals surface area contributed by atoms with Crippen LogP contribution in [0, 0.1) is 5.92 Å². The minimum absolute atomic E-state index is 0.178. The molecule has 4 heterocycles. The summed E-state index contributed by atoms with van der Waals surface area (Å²) in [6, 6.07) is 0. The molecule has 0 aromatic carbocycles. The van der Waals surface area contributed by atoms with E-state index in [0.29, 0.717) is 79.6 Å². The van der Waals surface area contributed by atoms with E-state index in [2.05, 4.69) is 38.8 Å². The van der Waals surface area contributed by atoms with Crippen molar-refractivity contribution in [2.24, 2.45) is 5.92 Å². The fourth-order valence-electron chi connectivity index (χ4n) is 3.65. The molecule has 3 aromatic rings. The average molecular weight is 491 g/mol. The number of nitrogen functional groups attached to an aromatic ring is 1. The van der Waals surface area contributed by atoms with Gasteiger partial charge in [0.25, 0.3) is 0 Å². The van der Waals surface area contributed by atoms with E-state index in [1.165, 1.54) is 0 Å². The van der Waals surface area contributed by atoms with Crippen LogP contribution >= 0.6 is 0 Å². The number of anilines is 3. The fourth-order valence-corrected chi connectivity index (χ4v) is 4.12. The average Bonchev–Trinajstić information content (AvgIpc) is 3.13. The second kappa shape index (κ2) is 10.0. The molecule has 4 rings (SSSR count). The van der Waals surface area contributed by atoms with Crippen molar-refractivity contribution >= 4 is 38.9 Å². The first kappa shape index (κ1) is 24.0. The van der Waals surface area contributed by atoms with E-state index in [1.807, 2.05) is 4.57 Å². The molecule has 0 bridgehead atoms. The second-order valence-electron chi connectivity index (χ2n) is 8.51. The van der Waals surface area contributed by atoms with Gasteiger partial charge in [0.2, 0.25) is 21.9 Å². The molecule has 0 radical (unpaired) electrons. The number of hydrogen-bond acceptors (Lipinski definition) is 11. The first-order chi connectivity index (χ1) is 16.2. The Morgan fingerprint density at radius 2 is 1.82 bits per heavy atom. The zero-order chi connectivity index (χ0) is 24.3. The van der Waals surface area contributed by atoms with Crippen molar-refractivity contribution in [1.29, 1.82) is 0 Å². The number of nitrogens with zero attached hydrogens (tertiary/aromatic N) is 7. The summed E-state index contributed by atoms with van der Waals surface area (Å²) >= 11 is 0. The molecule has 4 N–H and O–H groups in total. The van der Waals surface area contributed by atoms with E-state index in [-0.39, 0.29) is 12.5 Å². The molecule has 34 heavy (non-hydrogen) atoms. The van der Waals surface area contributed by atoms with Crippen LogP contribution in [0.1, 0.15) is 13.8 Å². The number of nitrogens with one attached hydrogen (secondary N) is 2. The van der Waals surface area contributed by atoms with Crippen molar-refractivity contribution in [3.63, 3.8) is 0 Å². The molecule has 0 unspecified atom stereocenters. The maximum Gasteiger partial charge on any atom is 0.219 e. The van der Waals surface area contributed by atoms with E-state index in [4.69, 9.17) is 25.4 Å². The van der Waals surface area contributed by atoms with Gasteiger partial charge in [-0.05, 0) is 5.92 Å². The van der Waals surface area contributed by atoms with Crippen molar-refractivity contribution in [2.75, 3.05) is 61.6 Å². The van der Waals surface area contributed by atoms with Gasteiger partial charge in [-0.3, -0.25) is 4.57 Å². The molecule has 1 aliphatic heterocycles. The number of imidazole rings is 1. The molecule has 13 nitrogen and oxygen atoms in total. The number of ether oxygens (including phenoxy) is 1. The predicted molar refractivity (Wildman–Crippen MR) is 130 cm³/mol. The van der Waals surface area contributed by atoms with E-state index in [1.54, 1.807) is 12.4 Å². The van der Waals surface area contributed by atoms with Crippen molar-refractivity contribution in [1.82, 2.24) is 34.2 Å². The Morgan fingerprint density at radius 3 is 2.47 bits per heavy atom. The summed E-state index contributed by atoms with van der Waals surface area (Å²) in [7, 11) is -3.27. The van der Waals surface area contributed by atoms with Crippen LogP contribution in [0.4, 0.5) is 17.7 Å². The molecule has 0 aliphatic carbocycles. The number of sulfonamides is 1. The van der Waals surface area contributed by atoms with Crippen molar-refractivity contribution in [2.45, 2.75) is 20.4 Å². The Hall–Kier alpha value is -3.10. The zero-order valence-electron chi connectivity index (χ0n) is 19.5. The number of hydrogen-bond donors (Lipinski definition) is 3. The second-order valence-corrected chi connectivity index (χ2v) is 10.3. The minimum atomic E-state index is -3.27. The molecule has 0 saturated carbocycles. The summed E-state index contributed by atoms with van der Waals surface area (Å²) in [5, 5.41) is 3.25. The molecule has 14 heteroatoms. The lowest BCUT2D eigenvalue weighted by atomic mass is 10.2. The molecular formula is C20H30N10O3S. The SMILES string of the molecule is CC(C)Cn1c(NCCNS(C)(=O)=O)nc2c(N3CCOCC3)nc(-c3cnc(N)nc3)nc21. The predicted octanol–water partition coefficient (Wildman–Crippen LogP) is 0.319. The highest BCUT2D eigenvalue weighted by molar-refractivity contribution is 7.88. The normalized spacial score (nSPS) is 14.8. The molecule has 1 saturated heterocycles. The molecule has 0 spiro atoms. The lowest BCUT2D eigenvalue weighted by molar-refractivity contribution is 0.122. The summed E-state index contributed by atoms with van der Waals surface area (Å²) in [5.41, 5.74) is 7.65. The van der Waals surface area contributed by atoms with Crippen molar-refractivity contribution in [3.05, 3.63) is 12.4 Å². The van der Waals surface area contributed by atoms with Gasteiger partial charge in [0.05, 0.1) is 25.0 Å². The lowest BCUT2D eigenvalue weighted by Crippen LogP contribution is -2.37. The Labute approximate surface area is 198 Å². The highest BCUT2D eigenvalue weighted by Crippen LogP contribution is 2.30. The third kappa shape index (κ3) is 5.69. The van der Waals surface area contributed by atoms with Crippen LogP contribution in [0.15, 0.2) is 12.4 Å². The van der Waals surface area contributed by atoms with Gasteiger partial charge in [0.1, 0.15) is 0 Å². The largest absolute Gasteiger partial charge is 0.378 e. The quantitative estimate of drug-likeness (QED) is 0.353. The van der Waals surface area contributed by atoms with Gasteiger partial charge in [-0.1, -0.05) is 13.8 Å². The number of morpholine rings is 1. The first-order valence-corrected chi connectivity index (χ1v) is 13.0. The Morgan fingerprint density at radius 1 is 1.12 bits per heavy atom. The van der Waals surface area contributed by atoms with Crippen LogP contribution in [0.5, 0.6) is 0 Å². The van der Waals surface area contributed by atoms with Gasteiger partial charge >= 0.3 is 0 Å². The zero-order valence-corrected chi connectivity index (χ0v) is 20.3. The van der Waals surface area contributed by atoms with Gasteiger partial charge in [0.15, 0.2) is 22.8 Å². The van der Waals surface area contributed by atoms with Crippen molar-refractivity contribution < 1.29 is 13.2 Å². The number of nitrogens with two attached hydrogens (primary N) is 1. The smallest absolute Gasteiger partial charge is 0.219 e. The molecule has 1 aliphatic rings. The van der Waals surface area contributed by atoms with Crippen LogP contribution in [0.25, 0.3) is 22.6 Å². The van der Waals surface area contributed by atoms with Crippen LogP contribution in [-0.2, 0) is 21.3 Å². The van der Waals surface area contributed by atoms with Gasteiger partial charge < -0.3 is 20.7 Å².